The number of hydrogen-bond acceptors (Lipinski definition) is 4. The molecule has 2 heterocycles. The van der Waals surface area contributed by atoms with Crippen molar-refractivity contribution in [2.24, 2.45) is 0 Å². The van der Waals surface area contributed by atoms with Gasteiger partial charge in [0.25, 0.3) is 0 Å². The Morgan fingerprint density at radius 1 is 1.41 bits per heavy atom. The molecular formula is C11H8BrNOS3. The quantitative estimate of drug-likeness (QED) is 0.802. The number of rotatable bonds is 4. The normalized spacial score (nSPS) is 10.2. The van der Waals surface area contributed by atoms with Crippen LogP contribution in [0.25, 0.3) is 0 Å². The molecule has 1 N–H and O–H groups in total. The van der Waals surface area contributed by atoms with Gasteiger partial charge in [0.05, 0.1) is 13.7 Å². The summed E-state index contributed by atoms with van der Waals surface area (Å²) in [4.78, 5) is 12.4. The van der Waals surface area contributed by atoms with Crippen molar-refractivity contribution in [2.75, 3.05) is 5.32 Å². The first-order chi connectivity index (χ1) is 8.20. The highest BCUT2D eigenvalue weighted by Crippen LogP contribution is 2.42. The molecule has 0 bridgehead atoms. The van der Waals surface area contributed by atoms with Crippen LogP contribution in [0.2, 0.25) is 0 Å². The van der Waals surface area contributed by atoms with Crippen molar-refractivity contribution in [3.8, 4) is 0 Å². The van der Waals surface area contributed by atoms with Gasteiger partial charge in [-0.05, 0) is 44.9 Å². The van der Waals surface area contributed by atoms with Crippen LogP contribution < -0.4 is 5.32 Å². The van der Waals surface area contributed by atoms with E-state index in [0.717, 1.165) is 18.6 Å². The maximum Gasteiger partial charge on any atom is 0.247 e. The van der Waals surface area contributed by atoms with E-state index in [4.69, 9.17) is 0 Å². The van der Waals surface area contributed by atoms with Crippen molar-refractivity contribution in [1.29, 1.82) is 0 Å². The van der Waals surface area contributed by atoms with Crippen LogP contribution in [0.4, 0.5) is 5.69 Å². The number of carbonyl (C=O) groups is 1. The summed E-state index contributed by atoms with van der Waals surface area (Å²) in [6, 6.07) is 3.95. The number of carbonyl (C=O) groups excluding carboxylic acids is 1. The van der Waals surface area contributed by atoms with Gasteiger partial charge in [-0.1, -0.05) is 18.3 Å². The van der Waals surface area contributed by atoms with Crippen molar-refractivity contribution in [3.63, 3.8) is 0 Å². The Balaban J connectivity index is 2.17. The summed E-state index contributed by atoms with van der Waals surface area (Å²) in [5.41, 5.74) is 0.836. The van der Waals surface area contributed by atoms with Gasteiger partial charge in [0.1, 0.15) is 0 Å². The summed E-state index contributed by atoms with van der Waals surface area (Å²) in [6.07, 6.45) is 1.27. The Bertz CT molecular complexity index is 546. The zero-order valence-electron chi connectivity index (χ0n) is 8.60. The van der Waals surface area contributed by atoms with Crippen LogP contribution in [0.1, 0.15) is 0 Å². The van der Waals surface area contributed by atoms with Gasteiger partial charge >= 0.3 is 0 Å². The minimum atomic E-state index is -0.186. The molecule has 88 valence electrons. The van der Waals surface area contributed by atoms with E-state index in [0.29, 0.717) is 0 Å². The average molecular weight is 346 g/mol. The molecule has 2 nitrogen and oxygen atoms in total. The molecule has 0 aromatic carbocycles. The van der Waals surface area contributed by atoms with Gasteiger partial charge in [0.15, 0.2) is 0 Å². The summed E-state index contributed by atoms with van der Waals surface area (Å²) in [5, 5.41) is 6.78. The fourth-order valence-electron chi connectivity index (χ4n) is 1.10. The van der Waals surface area contributed by atoms with Crippen molar-refractivity contribution < 1.29 is 4.79 Å². The Kier molecular flexibility index (Phi) is 4.44. The minimum absolute atomic E-state index is 0.186. The summed E-state index contributed by atoms with van der Waals surface area (Å²) < 4.78 is 2.18. The molecule has 0 aliphatic carbocycles. The van der Waals surface area contributed by atoms with Crippen molar-refractivity contribution in [3.05, 3.63) is 39.3 Å². The third kappa shape index (κ3) is 3.22. The fraction of sp³-hybridized carbons (Fsp3) is 0. The standard InChI is InChI=1S/C11H8BrNOS3/c1-2-9(14)13-7-3-5-16-11(7)17-8-4-6-15-10(8)12/h2-6H,1H2,(H,13,14). The van der Waals surface area contributed by atoms with Crippen LogP contribution in [0, 0.1) is 0 Å². The van der Waals surface area contributed by atoms with Crippen molar-refractivity contribution >= 4 is 62.0 Å². The topological polar surface area (TPSA) is 29.1 Å². The van der Waals surface area contributed by atoms with Crippen molar-refractivity contribution in [2.45, 2.75) is 9.10 Å². The van der Waals surface area contributed by atoms with Gasteiger partial charge < -0.3 is 5.32 Å². The molecule has 1 amide bonds. The molecule has 0 radical (unpaired) electrons. The van der Waals surface area contributed by atoms with E-state index >= 15 is 0 Å². The maximum absolute atomic E-state index is 11.3. The number of halogens is 1. The predicted octanol–water partition coefficient (Wildman–Crippen LogP) is 4.85. The lowest BCUT2D eigenvalue weighted by atomic mass is 10.5. The molecule has 0 aliphatic rings. The number of nitrogens with one attached hydrogen (secondary N) is 1. The van der Waals surface area contributed by atoms with Crippen LogP contribution in [-0.2, 0) is 4.79 Å². The summed E-state index contributed by atoms with van der Waals surface area (Å²) in [5.74, 6) is -0.186. The number of anilines is 1. The van der Waals surface area contributed by atoms with Crippen LogP contribution in [-0.4, -0.2) is 5.91 Å². The predicted molar refractivity (Wildman–Crippen MR) is 79.3 cm³/mol. The van der Waals surface area contributed by atoms with E-state index < -0.39 is 0 Å². The Hall–Kier alpha value is -0.560. The number of hydrogen-bond donors (Lipinski definition) is 1. The molecule has 0 aliphatic heterocycles. The molecular weight excluding hydrogens is 338 g/mol. The largest absolute Gasteiger partial charge is 0.321 e. The molecule has 0 fully saturated rings. The lowest BCUT2D eigenvalue weighted by Gasteiger charge is -2.03. The van der Waals surface area contributed by atoms with Gasteiger partial charge in [-0.3, -0.25) is 4.79 Å². The maximum atomic E-state index is 11.3. The fourth-order valence-corrected chi connectivity index (χ4v) is 4.51. The van der Waals surface area contributed by atoms with Crippen LogP contribution >= 0.6 is 50.4 Å². The lowest BCUT2D eigenvalue weighted by molar-refractivity contribution is -0.111. The zero-order chi connectivity index (χ0) is 12.3. The Morgan fingerprint density at radius 3 is 2.82 bits per heavy atom. The minimum Gasteiger partial charge on any atom is -0.321 e. The number of thiophene rings is 2. The molecule has 0 saturated carbocycles. The summed E-state index contributed by atoms with van der Waals surface area (Å²) in [7, 11) is 0. The molecule has 0 unspecified atom stereocenters. The van der Waals surface area contributed by atoms with E-state index in [1.54, 1.807) is 34.4 Å². The third-order valence-electron chi connectivity index (χ3n) is 1.86. The molecule has 2 aromatic heterocycles. The third-order valence-corrected chi connectivity index (χ3v) is 6.15. The Labute approximate surface area is 120 Å². The van der Waals surface area contributed by atoms with E-state index in [-0.39, 0.29) is 5.91 Å². The highest BCUT2D eigenvalue weighted by atomic mass is 79.9. The van der Waals surface area contributed by atoms with E-state index in [2.05, 4.69) is 33.9 Å². The average Bonchev–Trinajstić information content (AvgIpc) is 2.90. The van der Waals surface area contributed by atoms with E-state index in [1.807, 2.05) is 16.8 Å². The lowest BCUT2D eigenvalue weighted by Crippen LogP contribution is -2.06. The smallest absolute Gasteiger partial charge is 0.247 e. The second kappa shape index (κ2) is 5.86. The van der Waals surface area contributed by atoms with Gasteiger partial charge in [-0.25, -0.2) is 0 Å². The van der Waals surface area contributed by atoms with Gasteiger partial charge in [0.2, 0.25) is 5.91 Å². The first-order valence-electron chi connectivity index (χ1n) is 4.62. The second-order valence-corrected chi connectivity index (χ2v) is 7.44. The second-order valence-electron chi connectivity index (χ2n) is 2.98. The molecule has 2 aromatic rings. The highest BCUT2D eigenvalue weighted by molar-refractivity contribution is 9.11. The van der Waals surface area contributed by atoms with Gasteiger partial charge in [0, 0.05) is 4.90 Å². The van der Waals surface area contributed by atoms with Crippen LogP contribution in [0.15, 0.2) is 48.4 Å². The van der Waals surface area contributed by atoms with Crippen LogP contribution in [0.3, 0.4) is 0 Å². The first kappa shape index (κ1) is 12.9. The number of amides is 1. The molecule has 0 spiro atoms. The van der Waals surface area contributed by atoms with Crippen LogP contribution in [0.5, 0.6) is 0 Å². The van der Waals surface area contributed by atoms with Gasteiger partial charge in [-0.2, -0.15) is 0 Å². The molecule has 0 saturated heterocycles. The van der Waals surface area contributed by atoms with E-state index in [1.165, 1.54) is 6.08 Å². The highest BCUT2D eigenvalue weighted by Gasteiger charge is 2.10. The van der Waals surface area contributed by atoms with E-state index in [9.17, 15) is 4.79 Å². The Morgan fingerprint density at radius 2 is 2.18 bits per heavy atom. The molecule has 2 rings (SSSR count). The van der Waals surface area contributed by atoms with Crippen molar-refractivity contribution in [1.82, 2.24) is 0 Å². The molecule has 6 heteroatoms. The molecule has 0 atom stereocenters. The zero-order valence-corrected chi connectivity index (χ0v) is 12.6. The monoisotopic (exact) mass is 345 g/mol. The molecule has 17 heavy (non-hydrogen) atoms. The first-order valence-corrected chi connectivity index (χ1v) is 7.99. The van der Waals surface area contributed by atoms with Gasteiger partial charge in [-0.15, -0.1) is 22.7 Å². The summed E-state index contributed by atoms with van der Waals surface area (Å²) >= 11 is 8.39. The summed E-state index contributed by atoms with van der Waals surface area (Å²) in [6.45, 7) is 3.44. The SMILES string of the molecule is C=CC(=O)Nc1ccsc1Sc1ccsc1Br.